The number of para-hydroxylation sites is 1. The molecule has 0 amide bonds. The summed E-state index contributed by atoms with van der Waals surface area (Å²) in [6.07, 6.45) is 2.97. The second kappa shape index (κ2) is 4.76. The van der Waals surface area contributed by atoms with Crippen LogP contribution in [0.25, 0.3) is 5.69 Å². The SMILES string of the molecule is Nc1[nH]n(-c2ccccc2)c(=O)c1C1=NCCCC1. The Morgan fingerprint density at radius 1 is 1.21 bits per heavy atom. The van der Waals surface area contributed by atoms with Crippen molar-refractivity contribution in [2.75, 3.05) is 12.3 Å². The minimum atomic E-state index is -0.121. The number of aromatic amines is 1. The van der Waals surface area contributed by atoms with Gasteiger partial charge in [-0.1, -0.05) is 18.2 Å². The molecule has 0 saturated carbocycles. The van der Waals surface area contributed by atoms with Crippen molar-refractivity contribution in [3.05, 3.63) is 46.2 Å². The molecule has 5 nitrogen and oxygen atoms in total. The van der Waals surface area contributed by atoms with E-state index in [0.29, 0.717) is 11.4 Å². The molecule has 2 aromatic rings. The van der Waals surface area contributed by atoms with Gasteiger partial charge in [-0.05, 0) is 31.4 Å². The number of nitrogens with zero attached hydrogens (tertiary/aromatic N) is 2. The Morgan fingerprint density at radius 3 is 2.68 bits per heavy atom. The molecule has 3 rings (SSSR count). The van der Waals surface area contributed by atoms with Gasteiger partial charge in [-0.15, -0.1) is 0 Å². The van der Waals surface area contributed by atoms with Crippen LogP contribution in [0.1, 0.15) is 24.8 Å². The van der Waals surface area contributed by atoms with Gasteiger partial charge in [0.15, 0.2) is 0 Å². The first-order valence-corrected chi connectivity index (χ1v) is 6.47. The second-order valence-corrected chi connectivity index (χ2v) is 4.66. The van der Waals surface area contributed by atoms with Crippen LogP contribution in [0.2, 0.25) is 0 Å². The predicted molar refractivity (Wildman–Crippen MR) is 76.1 cm³/mol. The Labute approximate surface area is 110 Å². The smallest absolute Gasteiger partial charge is 0.282 e. The molecule has 1 aliphatic heterocycles. The highest BCUT2D eigenvalue weighted by atomic mass is 16.1. The van der Waals surface area contributed by atoms with Crippen LogP contribution in [0.5, 0.6) is 0 Å². The molecular weight excluding hydrogens is 240 g/mol. The van der Waals surface area contributed by atoms with Crippen LogP contribution < -0.4 is 11.3 Å². The lowest BCUT2D eigenvalue weighted by atomic mass is 10.0. The molecule has 1 aromatic heterocycles. The van der Waals surface area contributed by atoms with E-state index in [-0.39, 0.29) is 5.56 Å². The van der Waals surface area contributed by atoms with Crippen LogP contribution in [0.4, 0.5) is 5.82 Å². The molecule has 0 saturated heterocycles. The predicted octanol–water partition coefficient (Wildman–Crippen LogP) is 1.72. The van der Waals surface area contributed by atoms with Crippen molar-refractivity contribution < 1.29 is 0 Å². The number of rotatable bonds is 2. The number of benzene rings is 1. The van der Waals surface area contributed by atoms with Crippen LogP contribution in [0, 0.1) is 0 Å². The summed E-state index contributed by atoms with van der Waals surface area (Å²) in [4.78, 5) is 16.9. The van der Waals surface area contributed by atoms with Gasteiger partial charge in [-0.25, -0.2) is 4.68 Å². The molecule has 0 unspecified atom stereocenters. The van der Waals surface area contributed by atoms with Crippen LogP contribution in [-0.4, -0.2) is 22.0 Å². The summed E-state index contributed by atoms with van der Waals surface area (Å²) < 4.78 is 1.47. The van der Waals surface area contributed by atoms with E-state index < -0.39 is 0 Å². The number of nitrogen functional groups attached to an aromatic ring is 1. The van der Waals surface area contributed by atoms with E-state index in [4.69, 9.17) is 5.73 Å². The summed E-state index contributed by atoms with van der Waals surface area (Å²) in [5, 5.41) is 2.93. The zero-order chi connectivity index (χ0) is 13.2. The Balaban J connectivity index is 2.11. The minimum absolute atomic E-state index is 0.121. The van der Waals surface area contributed by atoms with Crippen molar-refractivity contribution in [2.24, 2.45) is 4.99 Å². The fourth-order valence-corrected chi connectivity index (χ4v) is 2.39. The maximum absolute atomic E-state index is 12.5. The number of nitrogens with one attached hydrogen (secondary N) is 1. The standard InChI is InChI=1S/C14H16N4O/c15-13-12(11-8-4-5-9-16-11)14(19)18(17-13)10-6-2-1-3-7-10/h1-3,6-7,17H,4-5,8-9,15H2. The monoisotopic (exact) mass is 256 g/mol. The summed E-state index contributed by atoms with van der Waals surface area (Å²) >= 11 is 0. The number of anilines is 1. The molecule has 0 bridgehead atoms. The Bertz CT molecular complexity index is 666. The third kappa shape index (κ3) is 2.07. The Morgan fingerprint density at radius 2 is 2.00 bits per heavy atom. The second-order valence-electron chi connectivity index (χ2n) is 4.66. The molecule has 19 heavy (non-hydrogen) atoms. The molecule has 2 heterocycles. The third-order valence-electron chi connectivity index (χ3n) is 3.35. The molecule has 0 atom stereocenters. The lowest BCUT2D eigenvalue weighted by Gasteiger charge is -2.09. The number of aliphatic imine (C=N–C) groups is 1. The van der Waals surface area contributed by atoms with Gasteiger partial charge in [0.05, 0.1) is 11.4 Å². The molecule has 0 aliphatic carbocycles. The lowest BCUT2D eigenvalue weighted by Crippen LogP contribution is -2.22. The molecule has 0 fully saturated rings. The number of nitrogens with two attached hydrogens (primary N) is 1. The van der Waals surface area contributed by atoms with Gasteiger partial charge >= 0.3 is 0 Å². The maximum Gasteiger partial charge on any atom is 0.282 e. The van der Waals surface area contributed by atoms with Crippen molar-refractivity contribution in [3.8, 4) is 5.69 Å². The van der Waals surface area contributed by atoms with Gasteiger partial charge in [0.25, 0.3) is 5.56 Å². The zero-order valence-corrected chi connectivity index (χ0v) is 10.6. The maximum atomic E-state index is 12.5. The van der Waals surface area contributed by atoms with Crippen LogP contribution in [-0.2, 0) is 0 Å². The average molecular weight is 256 g/mol. The lowest BCUT2D eigenvalue weighted by molar-refractivity contribution is 0.738. The van der Waals surface area contributed by atoms with Crippen molar-refractivity contribution in [1.82, 2.24) is 9.78 Å². The summed E-state index contributed by atoms with van der Waals surface area (Å²) in [5.74, 6) is 0.398. The topological polar surface area (TPSA) is 76.2 Å². The normalized spacial score (nSPS) is 15.3. The highest BCUT2D eigenvalue weighted by Gasteiger charge is 2.19. The molecule has 5 heteroatoms. The van der Waals surface area contributed by atoms with E-state index in [9.17, 15) is 4.79 Å². The molecule has 3 N–H and O–H groups in total. The molecule has 1 aromatic carbocycles. The van der Waals surface area contributed by atoms with E-state index in [1.165, 1.54) is 4.68 Å². The minimum Gasteiger partial charge on any atom is -0.383 e. The van der Waals surface area contributed by atoms with Crippen LogP contribution >= 0.6 is 0 Å². The van der Waals surface area contributed by atoms with Crippen molar-refractivity contribution in [1.29, 1.82) is 0 Å². The first kappa shape index (κ1) is 11.8. The molecular formula is C14H16N4O. The van der Waals surface area contributed by atoms with E-state index in [0.717, 1.165) is 37.2 Å². The van der Waals surface area contributed by atoms with Crippen molar-refractivity contribution in [2.45, 2.75) is 19.3 Å². The fraction of sp³-hybridized carbons (Fsp3) is 0.286. The highest BCUT2D eigenvalue weighted by Crippen LogP contribution is 2.16. The van der Waals surface area contributed by atoms with Crippen molar-refractivity contribution >= 4 is 11.5 Å². The zero-order valence-electron chi connectivity index (χ0n) is 10.6. The fourth-order valence-electron chi connectivity index (χ4n) is 2.39. The van der Waals surface area contributed by atoms with Gasteiger partial charge in [0.1, 0.15) is 11.4 Å². The first-order valence-electron chi connectivity index (χ1n) is 6.47. The average Bonchev–Trinajstić information content (AvgIpc) is 2.76. The third-order valence-corrected chi connectivity index (χ3v) is 3.35. The van der Waals surface area contributed by atoms with Crippen LogP contribution in [0.3, 0.4) is 0 Å². The van der Waals surface area contributed by atoms with Crippen molar-refractivity contribution in [3.63, 3.8) is 0 Å². The quantitative estimate of drug-likeness (QED) is 0.858. The van der Waals surface area contributed by atoms with Gasteiger partial charge < -0.3 is 5.73 Å². The van der Waals surface area contributed by atoms with E-state index in [1.807, 2.05) is 30.3 Å². The summed E-state index contributed by atoms with van der Waals surface area (Å²) in [6.45, 7) is 0.782. The first-order chi connectivity index (χ1) is 9.27. The van der Waals surface area contributed by atoms with Gasteiger partial charge in [-0.2, -0.15) is 0 Å². The summed E-state index contributed by atoms with van der Waals surface area (Å²) in [5.41, 5.74) is 7.98. The molecule has 98 valence electrons. The number of hydrogen-bond donors (Lipinski definition) is 2. The number of H-pyrrole nitrogens is 1. The molecule has 0 spiro atoms. The largest absolute Gasteiger partial charge is 0.383 e. The Hall–Kier alpha value is -2.30. The molecule has 1 aliphatic rings. The molecule has 0 radical (unpaired) electrons. The van der Waals surface area contributed by atoms with E-state index in [2.05, 4.69) is 10.1 Å². The van der Waals surface area contributed by atoms with Gasteiger partial charge in [0, 0.05) is 6.54 Å². The Kier molecular flexibility index (Phi) is 2.95. The van der Waals surface area contributed by atoms with Gasteiger partial charge in [-0.3, -0.25) is 14.9 Å². The highest BCUT2D eigenvalue weighted by molar-refractivity contribution is 6.04. The van der Waals surface area contributed by atoms with Crippen LogP contribution in [0.15, 0.2) is 40.1 Å². The summed E-state index contributed by atoms with van der Waals surface area (Å²) in [7, 11) is 0. The van der Waals surface area contributed by atoms with E-state index >= 15 is 0 Å². The van der Waals surface area contributed by atoms with E-state index in [1.54, 1.807) is 0 Å². The van der Waals surface area contributed by atoms with Gasteiger partial charge in [0.2, 0.25) is 0 Å². The number of aromatic nitrogens is 2. The number of hydrogen-bond acceptors (Lipinski definition) is 3. The summed E-state index contributed by atoms with van der Waals surface area (Å²) in [6, 6.07) is 9.41.